The molecule has 1 aliphatic rings. The molecule has 3 aromatic rings. The molecule has 1 aliphatic heterocycles. The van der Waals surface area contributed by atoms with Gasteiger partial charge in [-0.05, 0) is 42.0 Å². The van der Waals surface area contributed by atoms with Gasteiger partial charge in [-0.1, -0.05) is 23.7 Å². The molecule has 0 spiro atoms. The maximum Gasteiger partial charge on any atom is 0.573 e. The molecule has 12 heteroatoms. The van der Waals surface area contributed by atoms with Crippen molar-refractivity contribution in [3.8, 4) is 5.75 Å². The van der Waals surface area contributed by atoms with Crippen LogP contribution in [0.4, 0.5) is 18.3 Å². The van der Waals surface area contributed by atoms with E-state index in [0.29, 0.717) is 24.5 Å². The zero-order valence-corrected chi connectivity index (χ0v) is 19.5. The molecule has 1 fully saturated rings. The van der Waals surface area contributed by atoms with Crippen LogP contribution in [0.1, 0.15) is 11.3 Å². The number of sulfonamides is 1. The van der Waals surface area contributed by atoms with Crippen molar-refractivity contribution in [1.82, 2.24) is 9.29 Å². The van der Waals surface area contributed by atoms with Crippen molar-refractivity contribution in [1.29, 1.82) is 0 Å². The van der Waals surface area contributed by atoms with Crippen molar-refractivity contribution in [2.75, 3.05) is 31.1 Å². The standard InChI is InChI=1S/C21H19ClF3N3O3S2/c22-16-3-1-15(2-4-16)13-17-14-32-20(26-17)27-9-11-28(12-10-27)33(29,30)19-7-5-18(6-8-19)31-21(23,24)25/h1-8,14H,9-13H2. The number of thiazole rings is 1. The minimum absolute atomic E-state index is 0.0787. The summed E-state index contributed by atoms with van der Waals surface area (Å²) in [5, 5.41) is 3.48. The molecule has 0 N–H and O–H groups in total. The van der Waals surface area contributed by atoms with Crippen molar-refractivity contribution >= 4 is 38.1 Å². The average Bonchev–Trinajstić information content (AvgIpc) is 3.23. The number of aromatic nitrogens is 1. The van der Waals surface area contributed by atoms with Gasteiger partial charge in [-0.25, -0.2) is 13.4 Å². The summed E-state index contributed by atoms with van der Waals surface area (Å²) in [6.07, 6.45) is -4.16. The Morgan fingerprint density at radius 2 is 1.64 bits per heavy atom. The molecule has 1 aromatic heterocycles. The van der Waals surface area contributed by atoms with E-state index in [0.717, 1.165) is 40.7 Å². The minimum atomic E-state index is -4.83. The largest absolute Gasteiger partial charge is 0.573 e. The summed E-state index contributed by atoms with van der Waals surface area (Å²) in [4.78, 5) is 6.62. The second kappa shape index (κ2) is 9.49. The van der Waals surface area contributed by atoms with E-state index in [9.17, 15) is 21.6 Å². The monoisotopic (exact) mass is 517 g/mol. The van der Waals surface area contributed by atoms with Crippen LogP contribution in [-0.2, 0) is 16.4 Å². The normalized spacial score (nSPS) is 15.6. The van der Waals surface area contributed by atoms with Gasteiger partial charge in [-0.2, -0.15) is 4.31 Å². The van der Waals surface area contributed by atoms with Gasteiger partial charge in [-0.3, -0.25) is 0 Å². The van der Waals surface area contributed by atoms with Gasteiger partial charge in [0.25, 0.3) is 0 Å². The van der Waals surface area contributed by atoms with Crippen LogP contribution in [0.3, 0.4) is 0 Å². The third kappa shape index (κ3) is 5.97. The van der Waals surface area contributed by atoms with Gasteiger partial charge in [0.1, 0.15) is 5.75 Å². The van der Waals surface area contributed by atoms with Crippen molar-refractivity contribution in [3.63, 3.8) is 0 Å². The number of rotatable bonds is 6. The van der Waals surface area contributed by atoms with Crippen molar-refractivity contribution < 1.29 is 26.3 Å². The Labute approximate surface area is 198 Å². The van der Waals surface area contributed by atoms with Gasteiger partial charge in [-0.15, -0.1) is 24.5 Å². The lowest BCUT2D eigenvalue weighted by Gasteiger charge is -2.33. The second-order valence-electron chi connectivity index (χ2n) is 7.34. The number of benzene rings is 2. The van der Waals surface area contributed by atoms with Crippen LogP contribution in [0.15, 0.2) is 58.8 Å². The SMILES string of the molecule is O=S(=O)(c1ccc(OC(F)(F)F)cc1)N1CCN(c2nc(Cc3ccc(Cl)cc3)cs2)CC1. The number of hydrogen-bond donors (Lipinski definition) is 0. The Balaban J connectivity index is 1.36. The lowest BCUT2D eigenvalue weighted by Crippen LogP contribution is -2.48. The molecule has 0 radical (unpaired) electrons. The maximum atomic E-state index is 12.9. The number of halogens is 4. The summed E-state index contributed by atoms with van der Waals surface area (Å²) < 4.78 is 67.8. The van der Waals surface area contributed by atoms with Crippen molar-refractivity contribution in [3.05, 3.63) is 70.2 Å². The Kier molecular flexibility index (Phi) is 6.85. The molecule has 1 saturated heterocycles. The van der Waals surface area contributed by atoms with Gasteiger partial charge in [0.05, 0.1) is 10.6 Å². The van der Waals surface area contributed by atoms with Gasteiger partial charge in [0.15, 0.2) is 5.13 Å². The topological polar surface area (TPSA) is 62.7 Å². The average molecular weight is 518 g/mol. The summed E-state index contributed by atoms with van der Waals surface area (Å²) in [5.41, 5.74) is 2.02. The fourth-order valence-corrected chi connectivity index (χ4v) is 5.84. The number of alkyl halides is 3. The van der Waals surface area contributed by atoms with Crippen LogP contribution < -0.4 is 9.64 Å². The van der Waals surface area contributed by atoms with Gasteiger partial charge in [0, 0.05) is 43.0 Å². The lowest BCUT2D eigenvalue weighted by molar-refractivity contribution is -0.274. The predicted molar refractivity (Wildman–Crippen MR) is 120 cm³/mol. The summed E-state index contributed by atoms with van der Waals surface area (Å²) in [7, 11) is -3.83. The van der Waals surface area contributed by atoms with Gasteiger partial charge in [0.2, 0.25) is 10.0 Å². The number of anilines is 1. The first kappa shape index (κ1) is 23.8. The Bertz CT molecular complexity index is 1190. The van der Waals surface area contributed by atoms with Crippen molar-refractivity contribution in [2.24, 2.45) is 0 Å². The fraction of sp³-hybridized carbons (Fsp3) is 0.286. The van der Waals surface area contributed by atoms with E-state index < -0.39 is 22.1 Å². The molecule has 33 heavy (non-hydrogen) atoms. The van der Waals surface area contributed by atoms with Gasteiger partial charge < -0.3 is 9.64 Å². The molecule has 0 unspecified atom stereocenters. The molecule has 0 amide bonds. The van der Waals surface area contributed by atoms with E-state index in [1.54, 1.807) is 0 Å². The van der Waals surface area contributed by atoms with Crippen molar-refractivity contribution in [2.45, 2.75) is 17.7 Å². The van der Waals surface area contributed by atoms with E-state index >= 15 is 0 Å². The Morgan fingerprint density at radius 3 is 2.24 bits per heavy atom. The third-order valence-electron chi connectivity index (χ3n) is 5.04. The molecule has 0 aliphatic carbocycles. The molecule has 2 heterocycles. The van der Waals surface area contributed by atoms with E-state index in [-0.39, 0.29) is 18.0 Å². The first-order chi connectivity index (χ1) is 15.6. The Morgan fingerprint density at radius 1 is 1.00 bits per heavy atom. The van der Waals surface area contributed by atoms with Gasteiger partial charge >= 0.3 is 6.36 Å². The van der Waals surface area contributed by atoms with Crippen LogP contribution in [0.2, 0.25) is 5.02 Å². The molecule has 0 atom stereocenters. The second-order valence-corrected chi connectivity index (χ2v) is 10.5. The summed E-state index contributed by atoms with van der Waals surface area (Å²) in [6.45, 7) is 1.41. The van der Waals surface area contributed by atoms with E-state index in [4.69, 9.17) is 11.6 Å². The third-order valence-corrected chi connectivity index (χ3v) is 8.16. The quantitative estimate of drug-likeness (QED) is 0.470. The minimum Gasteiger partial charge on any atom is -0.406 e. The first-order valence-corrected chi connectivity index (χ1v) is 12.6. The highest BCUT2D eigenvalue weighted by atomic mass is 35.5. The molecule has 6 nitrogen and oxygen atoms in total. The van der Waals surface area contributed by atoms with Crippen LogP contribution in [-0.4, -0.2) is 50.2 Å². The summed E-state index contributed by atoms with van der Waals surface area (Å²) in [5.74, 6) is -0.468. The highest BCUT2D eigenvalue weighted by molar-refractivity contribution is 7.89. The molecular weight excluding hydrogens is 499 g/mol. The number of nitrogens with zero attached hydrogens (tertiary/aromatic N) is 3. The van der Waals surface area contributed by atoms with E-state index in [1.165, 1.54) is 15.6 Å². The molecular formula is C21H19ClF3N3O3S2. The Hall–Kier alpha value is -2.34. The van der Waals surface area contributed by atoms with E-state index in [1.807, 2.05) is 34.5 Å². The van der Waals surface area contributed by atoms with Crippen LogP contribution in [0, 0.1) is 0 Å². The molecule has 0 saturated carbocycles. The highest BCUT2D eigenvalue weighted by Crippen LogP contribution is 2.27. The molecule has 2 aromatic carbocycles. The number of hydrogen-bond acceptors (Lipinski definition) is 6. The molecule has 4 rings (SSSR count). The predicted octanol–water partition coefficient (Wildman–Crippen LogP) is 4.80. The summed E-state index contributed by atoms with van der Waals surface area (Å²) in [6, 6.07) is 11.8. The molecule has 0 bridgehead atoms. The van der Waals surface area contributed by atoms with Crippen LogP contribution >= 0.6 is 22.9 Å². The lowest BCUT2D eigenvalue weighted by atomic mass is 10.1. The fourth-order valence-electron chi connectivity index (χ4n) is 3.42. The van der Waals surface area contributed by atoms with Crippen LogP contribution in [0.5, 0.6) is 5.75 Å². The zero-order chi connectivity index (χ0) is 23.6. The smallest absolute Gasteiger partial charge is 0.406 e. The van der Waals surface area contributed by atoms with E-state index in [2.05, 4.69) is 9.72 Å². The number of piperazine rings is 1. The zero-order valence-electron chi connectivity index (χ0n) is 17.1. The highest BCUT2D eigenvalue weighted by Gasteiger charge is 2.32. The maximum absolute atomic E-state index is 12.9. The number of ether oxygens (including phenoxy) is 1. The molecule has 176 valence electrons. The summed E-state index contributed by atoms with van der Waals surface area (Å²) >= 11 is 7.42. The first-order valence-electron chi connectivity index (χ1n) is 9.90. The van der Waals surface area contributed by atoms with Crippen LogP contribution in [0.25, 0.3) is 0 Å².